The Morgan fingerprint density at radius 2 is 1.96 bits per heavy atom. The molecule has 0 bridgehead atoms. The summed E-state index contributed by atoms with van der Waals surface area (Å²) in [6.07, 6.45) is -0.573. The zero-order valence-electron chi connectivity index (χ0n) is 13.8. The average Bonchev–Trinajstić information content (AvgIpc) is 2.53. The lowest BCUT2D eigenvalue weighted by Gasteiger charge is -2.18. The molecule has 0 aliphatic rings. The minimum absolute atomic E-state index is 0.115. The molecule has 2 N–H and O–H groups in total. The molecule has 0 aliphatic carbocycles. The molecule has 4 heteroatoms. The van der Waals surface area contributed by atoms with E-state index >= 15 is 0 Å². The number of rotatable bonds is 7. The van der Waals surface area contributed by atoms with Crippen molar-refractivity contribution in [3.8, 4) is 5.75 Å². The van der Waals surface area contributed by atoms with Crippen LogP contribution < -0.4 is 10.1 Å². The van der Waals surface area contributed by atoms with Crippen LogP contribution in [-0.4, -0.2) is 24.4 Å². The molecule has 23 heavy (non-hydrogen) atoms. The van der Waals surface area contributed by atoms with Gasteiger partial charge in [0.15, 0.2) is 0 Å². The molecule has 0 aliphatic heterocycles. The number of ether oxygens (including phenoxy) is 1. The molecule has 0 saturated heterocycles. The number of nitrogens with one attached hydrogen (secondary N) is 1. The highest BCUT2D eigenvalue weighted by atomic mass is 35.5. The van der Waals surface area contributed by atoms with E-state index in [9.17, 15) is 5.11 Å². The van der Waals surface area contributed by atoms with E-state index in [-0.39, 0.29) is 12.6 Å². The van der Waals surface area contributed by atoms with Gasteiger partial charge in [-0.3, -0.25) is 0 Å². The standard InChI is InChI=1S/C19H24ClNO2/c1-13-7-8-14(2)19(9-13)23-12-18(22)11-21-15(3)16-5-4-6-17(20)10-16/h4-10,15,18,21-22H,11-12H2,1-3H3. The SMILES string of the molecule is Cc1ccc(C)c(OCC(O)CNC(C)c2cccc(Cl)c2)c1. The Hall–Kier alpha value is -1.55. The Kier molecular flexibility index (Phi) is 6.46. The largest absolute Gasteiger partial charge is 0.491 e. The Bertz CT molecular complexity index is 645. The number of aliphatic hydroxyl groups is 1. The predicted octanol–water partition coefficient (Wildman–Crippen LogP) is 4.05. The lowest BCUT2D eigenvalue weighted by molar-refractivity contribution is 0.104. The molecule has 0 spiro atoms. The van der Waals surface area contributed by atoms with Crippen LogP contribution in [0.4, 0.5) is 0 Å². The van der Waals surface area contributed by atoms with Crippen LogP contribution in [0.15, 0.2) is 42.5 Å². The number of aryl methyl sites for hydroxylation is 2. The first-order valence-electron chi connectivity index (χ1n) is 7.82. The summed E-state index contributed by atoms with van der Waals surface area (Å²) < 4.78 is 5.73. The van der Waals surface area contributed by atoms with Gasteiger partial charge in [0.1, 0.15) is 18.5 Å². The van der Waals surface area contributed by atoms with E-state index in [4.69, 9.17) is 16.3 Å². The first-order chi connectivity index (χ1) is 11.0. The summed E-state index contributed by atoms with van der Waals surface area (Å²) in [5.41, 5.74) is 3.32. The van der Waals surface area contributed by atoms with Crippen molar-refractivity contribution in [1.29, 1.82) is 0 Å². The van der Waals surface area contributed by atoms with Gasteiger partial charge in [0.25, 0.3) is 0 Å². The van der Waals surface area contributed by atoms with E-state index in [1.54, 1.807) is 0 Å². The van der Waals surface area contributed by atoms with Gasteiger partial charge < -0.3 is 15.2 Å². The molecule has 3 nitrogen and oxygen atoms in total. The van der Waals surface area contributed by atoms with Gasteiger partial charge in [-0.1, -0.05) is 35.9 Å². The van der Waals surface area contributed by atoms with Crippen LogP contribution in [0, 0.1) is 13.8 Å². The number of hydrogen-bond donors (Lipinski definition) is 2. The highest BCUT2D eigenvalue weighted by Crippen LogP contribution is 2.19. The number of halogens is 1. The van der Waals surface area contributed by atoms with E-state index in [1.807, 2.05) is 63.2 Å². The van der Waals surface area contributed by atoms with Crippen LogP contribution in [0.1, 0.15) is 29.7 Å². The highest BCUT2D eigenvalue weighted by molar-refractivity contribution is 6.30. The van der Waals surface area contributed by atoms with Crippen molar-refractivity contribution in [2.24, 2.45) is 0 Å². The van der Waals surface area contributed by atoms with Gasteiger partial charge in [0, 0.05) is 17.6 Å². The van der Waals surface area contributed by atoms with Gasteiger partial charge >= 0.3 is 0 Å². The number of aliphatic hydroxyl groups excluding tert-OH is 1. The molecule has 0 fully saturated rings. The van der Waals surface area contributed by atoms with Gasteiger partial charge in [-0.15, -0.1) is 0 Å². The highest BCUT2D eigenvalue weighted by Gasteiger charge is 2.10. The second-order valence-corrected chi connectivity index (χ2v) is 6.36. The fraction of sp³-hybridized carbons (Fsp3) is 0.368. The summed E-state index contributed by atoms with van der Waals surface area (Å²) >= 11 is 6.00. The summed E-state index contributed by atoms with van der Waals surface area (Å²) in [4.78, 5) is 0. The van der Waals surface area contributed by atoms with Crippen molar-refractivity contribution < 1.29 is 9.84 Å². The van der Waals surface area contributed by atoms with Gasteiger partial charge in [-0.25, -0.2) is 0 Å². The molecular weight excluding hydrogens is 310 g/mol. The normalized spacial score (nSPS) is 13.6. The van der Waals surface area contributed by atoms with Crippen molar-refractivity contribution in [1.82, 2.24) is 5.32 Å². The Labute approximate surface area is 143 Å². The number of hydrogen-bond acceptors (Lipinski definition) is 3. The quantitative estimate of drug-likeness (QED) is 0.803. The zero-order chi connectivity index (χ0) is 16.8. The predicted molar refractivity (Wildman–Crippen MR) is 95.3 cm³/mol. The molecule has 2 aromatic carbocycles. The maximum Gasteiger partial charge on any atom is 0.122 e. The van der Waals surface area contributed by atoms with Gasteiger partial charge in [-0.05, 0) is 55.7 Å². The molecule has 2 rings (SSSR count). The second-order valence-electron chi connectivity index (χ2n) is 5.92. The molecule has 2 unspecified atom stereocenters. The Morgan fingerprint density at radius 1 is 1.17 bits per heavy atom. The maximum atomic E-state index is 10.1. The van der Waals surface area contributed by atoms with E-state index in [0.29, 0.717) is 6.54 Å². The molecule has 124 valence electrons. The van der Waals surface area contributed by atoms with Crippen LogP contribution in [0.5, 0.6) is 5.75 Å². The smallest absolute Gasteiger partial charge is 0.122 e. The third-order valence-corrected chi connectivity index (χ3v) is 4.02. The molecule has 2 atom stereocenters. The van der Waals surface area contributed by atoms with Crippen molar-refractivity contribution in [3.05, 3.63) is 64.2 Å². The van der Waals surface area contributed by atoms with Crippen LogP contribution in [0.25, 0.3) is 0 Å². The van der Waals surface area contributed by atoms with Gasteiger partial charge in [-0.2, -0.15) is 0 Å². The minimum Gasteiger partial charge on any atom is -0.491 e. The number of benzene rings is 2. The Balaban J connectivity index is 1.81. The zero-order valence-corrected chi connectivity index (χ0v) is 14.6. The van der Waals surface area contributed by atoms with Crippen molar-refractivity contribution in [3.63, 3.8) is 0 Å². The molecule has 0 aromatic heterocycles. The summed E-state index contributed by atoms with van der Waals surface area (Å²) in [6, 6.07) is 13.9. The molecule has 0 saturated carbocycles. The second kappa shape index (κ2) is 8.34. The van der Waals surface area contributed by atoms with Crippen LogP contribution in [-0.2, 0) is 0 Å². The van der Waals surface area contributed by atoms with E-state index in [1.165, 1.54) is 0 Å². The lowest BCUT2D eigenvalue weighted by atomic mass is 10.1. The molecule has 2 aromatic rings. The monoisotopic (exact) mass is 333 g/mol. The summed E-state index contributed by atoms with van der Waals surface area (Å²) in [5, 5.41) is 14.1. The topological polar surface area (TPSA) is 41.5 Å². The van der Waals surface area contributed by atoms with Crippen molar-refractivity contribution >= 4 is 11.6 Å². The summed E-state index contributed by atoms with van der Waals surface area (Å²) in [7, 11) is 0. The Morgan fingerprint density at radius 3 is 2.70 bits per heavy atom. The maximum absolute atomic E-state index is 10.1. The van der Waals surface area contributed by atoms with Crippen LogP contribution >= 0.6 is 11.6 Å². The minimum atomic E-state index is -0.573. The van der Waals surface area contributed by atoms with Crippen LogP contribution in [0.2, 0.25) is 5.02 Å². The molecule has 0 radical (unpaired) electrons. The molecule has 0 heterocycles. The fourth-order valence-corrected chi connectivity index (χ4v) is 2.51. The third kappa shape index (κ3) is 5.54. The fourth-order valence-electron chi connectivity index (χ4n) is 2.31. The molecular formula is C19H24ClNO2. The summed E-state index contributed by atoms with van der Waals surface area (Å²) in [5.74, 6) is 0.826. The first kappa shape index (κ1) is 17.8. The van der Waals surface area contributed by atoms with Crippen LogP contribution in [0.3, 0.4) is 0 Å². The third-order valence-electron chi connectivity index (χ3n) is 3.78. The van der Waals surface area contributed by atoms with E-state index < -0.39 is 6.10 Å². The average molecular weight is 334 g/mol. The van der Waals surface area contributed by atoms with Crippen molar-refractivity contribution in [2.45, 2.75) is 32.9 Å². The molecule has 0 amide bonds. The lowest BCUT2D eigenvalue weighted by Crippen LogP contribution is -2.33. The van der Waals surface area contributed by atoms with E-state index in [0.717, 1.165) is 27.5 Å². The van der Waals surface area contributed by atoms with Gasteiger partial charge in [0.2, 0.25) is 0 Å². The van der Waals surface area contributed by atoms with Gasteiger partial charge in [0.05, 0.1) is 0 Å². The van der Waals surface area contributed by atoms with Crippen molar-refractivity contribution in [2.75, 3.05) is 13.2 Å². The first-order valence-corrected chi connectivity index (χ1v) is 8.20. The van der Waals surface area contributed by atoms with E-state index in [2.05, 4.69) is 5.32 Å². The summed E-state index contributed by atoms with van der Waals surface area (Å²) in [6.45, 7) is 6.79.